The van der Waals surface area contributed by atoms with Crippen molar-refractivity contribution < 1.29 is 0 Å². The molecule has 0 bridgehead atoms. The zero-order valence-electron chi connectivity index (χ0n) is 11.4. The van der Waals surface area contributed by atoms with Gasteiger partial charge in [0.2, 0.25) is 0 Å². The number of hydrogen-bond acceptors (Lipinski definition) is 2. The molecule has 0 saturated heterocycles. The fraction of sp³-hybridized carbons (Fsp3) is 0.600. The van der Waals surface area contributed by atoms with E-state index in [1.54, 1.807) is 0 Å². The molecule has 3 heteroatoms. The molecule has 0 aliphatic heterocycles. The Kier molecular flexibility index (Phi) is 4.63. The van der Waals surface area contributed by atoms with Crippen molar-refractivity contribution in [1.82, 2.24) is 5.32 Å². The summed E-state index contributed by atoms with van der Waals surface area (Å²) in [5, 5.41) is 5.01. The first kappa shape index (κ1) is 14.2. The van der Waals surface area contributed by atoms with Gasteiger partial charge in [0.1, 0.15) is 0 Å². The van der Waals surface area contributed by atoms with Crippen molar-refractivity contribution in [1.29, 1.82) is 0 Å². The second-order valence-corrected chi connectivity index (χ2v) is 7.42. The first-order valence-electron chi connectivity index (χ1n) is 6.63. The molecule has 1 aromatic carbocycles. The summed E-state index contributed by atoms with van der Waals surface area (Å²) in [4.78, 5) is 1.21. The minimum atomic E-state index is 0.367. The Labute approximate surface area is 120 Å². The fourth-order valence-corrected chi connectivity index (χ4v) is 4.85. The molecule has 1 aliphatic rings. The van der Waals surface area contributed by atoms with Gasteiger partial charge in [0.05, 0.1) is 5.02 Å². The Balaban J connectivity index is 2.15. The van der Waals surface area contributed by atoms with Crippen LogP contribution in [0.25, 0.3) is 0 Å². The largest absolute Gasteiger partial charge is 0.315 e. The molecule has 2 unspecified atom stereocenters. The lowest BCUT2D eigenvalue weighted by Gasteiger charge is -2.43. The molecule has 0 radical (unpaired) electrons. The zero-order chi connectivity index (χ0) is 13.2. The molecule has 18 heavy (non-hydrogen) atoms. The Morgan fingerprint density at radius 1 is 1.33 bits per heavy atom. The van der Waals surface area contributed by atoms with Crippen LogP contribution in [-0.2, 0) is 0 Å². The Morgan fingerprint density at radius 2 is 2.06 bits per heavy atom. The number of benzene rings is 1. The number of nitrogens with one attached hydrogen (secondary N) is 1. The minimum absolute atomic E-state index is 0.367. The van der Waals surface area contributed by atoms with Crippen LogP contribution in [0, 0.1) is 5.41 Å². The summed E-state index contributed by atoms with van der Waals surface area (Å²) in [6.07, 6.45) is 3.89. The van der Waals surface area contributed by atoms with Crippen LogP contribution >= 0.6 is 23.4 Å². The van der Waals surface area contributed by atoms with Crippen LogP contribution in [-0.4, -0.2) is 18.3 Å². The van der Waals surface area contributed by atoms with E-state index in [4.69, 9.17) is 11.6 Å². The van der Waals surface area contributed by atoms with E-state index < -0.39 is 0 Å². The van der Waals surface area contributed by atoms with Gasteiger partial charge < -0.3 is 5.32 Å². The highest BCUT2D eigenvalue weighted by Gasteiger charge is 2.38. The van der Waals surface area contributed by atoms with Crippen molar-refractivity contribution in [3.63, 3.8) is 0 Å². The number of rotatable bonds is 3. The molecular weight excluding hydrogens is 262 g/mol. The maximum absolute atomic E-state index is 6.26. The Bertz CT molecular complexity index is 405. The molecule has 0 heterocycles. The smallest absolute Gasteiger partial charge is 0.0541 e. The van der Waals surface area contributed by atoms with Gasteiger partial charge in [-0.25, -0.2) is 0 Å². The normalized spacial score (nSPS) is 27.1. The van der Waals surface area contributed by atoms with Gasteiger partial charge in [-0.3, -0.25) is 0 Å². The van der Waals surface area contributed by atoms with E-state index in [0.717, 1.165) is 5.02 Å². The van der Waals surface area contributed by atoms with Gasteiger partial charge in [-0.2, -0.15) is 0 Å². The Hall–Kier alpha value is -0.180. The molecule has 2 rings (SSSR count). The maximum atomic E-state index is 6.26. The van der Waals surface area contributed by atoms with Gasteiger partial charge in [0.15, 0.2) is 0 Å². The Morgan fingerprint density at radius 3 is 2.72 bits per heavy atom. The first-order chi connectivity index (χ1) is 8.54. The van der Waals surface area contributed by atoms with Crippen molar-refractivity contribution in [3.8, 4) is 0 Å². The van der Waals surface area contributed by atoms with Gasteiger partial charge in [0, 0.05) is 16.2 Å². The average molecular weight is 284 g/mol. The van der Waals surface area contributed by atoms with Crippen LogP contribution in [0.5, 0.6) is 0 Å². The third-order valence-electron chi connectivity index (χ3n) is 3.95. The van der Waals surface area contributed by atoms with E-state index in [-0.39, 0.29) is 0 Å². The van der Waals surface area contributed by atoms with E-state index in [1.165, 1.54) is 24.2 Å². The molecule has 1 aromatic rings. The second-order valence-electron chi connectivity index (χ2n) is 5.73. The summed E-state index contributed by atoms with van der Waals surface area (Å²) >= 11 is 8.20. The van der Waals surface area contributed by atoms with Crippen molar-refractivity contribution in [2.75, 3.05) is 7.05 Å². The van der Waals surface area contributed by atoms with Crippen molar-refractivity contribution in [2.24, 2.45) is 5.41 Å². The highest BCUT2D eigenvalue weighted by atomic mass is 35.5. The van der Waals surface area contributed by atoms with E-state index >= 15 is 0 Å². The minimum Gasteiger partial charge on any atom is -0.315 e. The summed E-state index contributed by atoms with van der Waals surface area (Å²) in [6.45, 7) is 4.74. The molecule has 1 fully saturated rings. The summed E-state index contributed by atoms with van der Waals surface area (Å²) in [5.74, 6) is 0. The summed E-state index contributed by atoms with van der Waals surface area (Å²) in [6, 6.07) is 8.71. The molecular formula is C15H22ClNS. The van der Waals surface area contributed by atoms with Crippen LogP contribution in [0.3, 0.4) is 0 Å². The molecule has 1 N–H and O–H groups in total. The maximum Gasteiger partial charge on any atom is 0.0541 e. The molecule has 0 amide bonds. The lowest BCUT2D eigenvalue weighted by atomic mass is 9.73. The SMILES string of the molecule is CNC1C(Sc2ccccc2Cl)CCCC1(C)C. The average Bonchev–Trinajstić information content (AvgIpc) is 2.31. The number of halogens is 1. The van der Waals surface area contributed by atoms with E-state index in [2.05, 4.69) is 38.3 Å². The highest BCUT2D eigenvalue weighted by Crippen LogP contribution is 2.43. The molecule has 0 spiro atoms. The predicted molar refractivity (Wildman–Crippen MR) is 81.6 cm³/mol. The van der Waals surface area contributed by atoms with Gasteiger partial charge in [-0.15, -0.1) is 11.8 Å². The lowest BCUT2D eigenvalue weighted by Crippen LogP contribution is -2.49. The first-order valence-corrected chi connectivity index (χ1v) is 7.89. The van der Waals surface area contributed by atoms with Gasteiger partial charge in [0.25, 0.3) is 0 Å². The molecule has 1 aliphatic carbocycles. The predicted octanol–water partition coefficient (Wildman–Crippen LogP) is 4.60. The van der Waals surface area contributed by atoms with Gasteiger partial charge in [-0.1, -0.05) is 44.0 Å². The number of thioether (sulfide) groups is 1. The fourth-order valence-electron chi connectivity index (χ4n) is 2.99. The van der Waals surface area contributed by atoms with Crippen LogP contribution in [0.15, 0.2) is 29.2 Å². The summed E-state index contributed by atoms with van der Waals surface area (Å²) in [5.41, 5.74) is 0.367. The lowest BCUT2D eigenvalue weighted by molar-refractivity contribution is 0.182. The zero-order valence-corrected chi connectivity index (χ0v) is 12.9. The van der Waals surface area contributed by atoms with Crippen LogP contribution in [0.2, 0.25) is 5.02 Å². The molecule has 100 valence electrons. The van der Waals surface area contributed by atoms with Crippen molar-refractivity contribution in [3.05, 3.63) is 29.3 Å². The molecule has 1 saturated carbocycles. The summed E-state index contributed by atoms with van der Waals surface area (Å²) < 4.78 is 0. The topological polar surface area (TPSA) is 12.0 Å². The number of hydrogen-bond donors (Lipinski definition) is 1. The van der Waals surface area contributed by atoms with Crippen LogP contribution < -0.4 is 5.32 Å². The third kappa shape index (κ3) is 3.04. The van der Waals surface area contributed by atoms with Crippen LogP contribution in [0.1, 0.15) is 33.1 Å². The van der Waals surface area contributed by atoms with Crippen LogP contribution in [0.4, 0.5) is 0 Å². The summed E-state index contributed by atoms with van der Waals surface area (Å²) in [7, 11) is 2.08. The van der Waals surface area contributed by atoms with E-state index in [1.807, 2.05) is 23.9 Å². The van der Waals surface area contributed by atoms with Crippen molar-refractivity contribution >= 4 is 23.4 Å². The quantitative estimate of drug-likeness (QED) is 0.870. The monoisotopic (exact) mass is 283 g/mol. The van der Waals surface area contributed by atoms with Crippen molar-refractivity contribution in [2.45, 2.75) is 49.3 Å². The molecule has 1 nitrogen and oxygen atoms in total. The second kappa shape index (κ2) is 5.85. The van der Waals surface area contributed by atoms with E-state index in [9.17, 15) is 0 Å². The third-order valence-corrected chi connectivity index (χ3v) is 5.81. The van der Waals surface area contributed by atoms with Gasteiger partial charge in [-0.05, 0) is 37.4 Å². The standard InChI is InChI=1S/C15H22ClNS/c1-15(2)10-6-9-13(14(15)17-3)18-12-8-5-4-7-11(12)16/h4-5,7-8,13-14,17H,6,9-10H2,1-3H3. The van der Waals surface area contributed by atoms with E-state index in [0.29, 0.717) is 16.7 Å². The van der Waals surface area contributed by atoms with Gasteiger partial charge >= 0.3 is 0 Å². The molecule has 2 atom stereocenters. The molecule has 0 aromatic heterocycles. The highest BCUT2D eigenvalue weighted by molar-refractivity contribution is 8.00.